The Hall–Kier alpha value is -1.81. The Morgan fingerprint density at radius 1 is 1.26 bits per heavy atom. The molecule has 19 heavy (non-hydrogen) atoms. The van der Waals surface area contributed by atoms with Crippen LogP contribution < -0.4 is 10.5 Å². The Labute approximate surface area is 117 Å². The summed E-state index contributed by atoms with van der Waals surface area (Å²) in [7, 11) is 0. The maximum atomic E-state index is 6.21. The third-order valence-electron chi connectivity index (χ3n) is 2.92. The molecule has 0 spiro atoms. The van der Waals surface area contributed by atoms with Crippen molar-refractivity contribution < 1.29 is 4.74 Å². The summed E-state index contributed by atoms with van der Waals surface area (Å²) in [6.45, 7) is 6.33. The second-order valence-corrected chi connectivity index (χ2v) is 4.66. The molecule has 0 aliphatic carbocycles. The van der Waals surface area contributed by atoms with Crippen molar-refractivity contribution in [1.29, 1.82) is 0 Å². The molecule has 1 aromatic carbocycles. The van der Waals surface area contributed by atoms with E-state index >= 15 is 0 Å². The highest BCUT2D eigenvalue weighted by Gasteiger charge is 2.13. The van der Waals surface area contributed by atoms with Crippen molar-refractivity contribution in [3.05, 3.63) is 34.7 Å². The summed E-state index contributed by atoms with van der Waals surface area (Å²) in [4.78, 5) is 8.32. The normalized spacial score (nSPS) is 10.5. The molecule has 4 nitrogen and oxygen atoms in total. The molecule has 100 valence electrons. The van der Waals surface area contributed by atoms with Crippen molar-refractivity contribution in [2.45, 2.75) is 20.8 Å². The number of benzene rings is 1. The molecule has 2 N–H and O–H groups in total. The van der Waals surface area contributed by atoms with Crippen molar-refractivity contribution >= 4 is 17.3 Å². The number of nitrogens with zero attached hydrogens (tertiary/aromatic N) is 2. The van der Waals surface area contributed by atoms with Gasteiger partial charge in [0.05, 0.1) is 28.7 Å². The van der Waals surface area contributed by atoms with Gasteiger partial charge in [0.2, 0.25) is 0 Å². The van der Waals surface area contributed by atoms with Gasteiger partial charge in [0.15, 0.2) is 0 Å². The van der Waals surface area contributed by atoms with E-state index in [2.05, 4.69) is 9.97 Å². The fourth-order valence-corrected chi connectivity index (χ4v) is 2.09. The number of nitrogen functional groups attached to an aromatic ring is 1. The fraction of sp³-hybridized carbons (Fsp3) is 0.286. The molecule has 0 radical (unpaired) electrons. The molecule has 0 aliphatic heterocycles. The Morgan fingerprint density at radius 2 is 2.00 bits per heavy atom. The Bertz CT molecular complexity index is 614. The first-order chi connectivity index (χ1) is 9.04. The molecule has 0 saturated carbocycles. The van der Waals surface area contributed by atoms with Gasteiger partial charge in [-0.15, -0.1) is 0 Å². The number of aromatic nitrogens is 2. The average molecular weight is 278 g/mol. The number of rotatable bonds is 3. The third-order valence-corrected chi connectivity index (χ3v) is 3.21. The van der Waals surface area contributed by atoms with Gasteiger partial charge < -0.3 is 10.5 Å². The van der Waals surface area contributed by atoms with E-state index in [4.69, 9.17) is 22.1 Å². The quantitative estimate of drug-likeness (QED) is 0.934. The molecular weight excluding hydrogens is 262 g/mol. The van der Waals surface area contributed by atoms with Crippen molar-refractivity contribution in [3.8, 4) is 17.0 Å². The van der Waals surface area contributed by atoms with E-state index in [-0.39, 0.29) is 0 Å². The molecule has 2 aromatic rings. The lowest BCUT2D eigenvalue weighted by Crippen LogP contribution is -2.01. The topological polar surface area (TPSA) is 61.0 Å². The molecule has 0 unspecified atom stereocenters. The second kappa shape index (κ2) is 5.45. The van der Waals surface area contributed by atoms with Gasteiger partial charge in [0.1, 0.15) is 12.1 Å². The van der Waals surface area contributed by atoms with Crippen molar-refractivity contribution in [2.75, 3.05) is 12.3 Å². The van der Waals surface area contributed by atoms with Crippen LogP contribution in [0.15, 0.2) is 18.5 Å². The van der Waals surface area contributed by atoms with Gasteiger partial charge in [0, 0.05) is 5.56 Å². The van der Waals surface area contributed by atoms with Crippen LogP contribution in [0.3, 0.4) is 0 Å². The Morgan fingerprint density at radius 3 is 2.68 bits per heavy atom. The van der Waals surface area contributed by atoms with Crippen LogP contribution in [-0.2, 0) is 0 Å². The molecule has 0 amide bonds. The zero-order chi connectivity index (χ0) is 14.0. The van der Waals surface area contributed by atoms with Crippen LogP contribution in [-0.4, -0.2) is 16.6 Å². The maximum Gasteiger partial charge on any atom is 0.138 e. The van der Waals surface area contributed by atoms with Crippen LogP contribution in [0.5, 0.6) is 5.75 Å². The van der Waals surface area contributed by atoms with Gasteiger partial charge in [-0.2, -0.15) is 0 Å². The third kappa shape index (κ3) is 2.63. The van der Waals surface area contributed by atoms with Gasteiger partial charge in [-0.3, -0.25) is 0 Å². The first-order valence-electron chi connectivity index (χ1n) is 6.05. The van der Waals surface area contributed by atoms with Gasteiger partial charge in [-0.1, -0.05) is 11.6 Å². The Kier molecular flexibility index (Phi) is 3.90. The van der Waals surface area contributed by atoms with Crippen LogP contribution in [0.1, 0.15) is 18.2 Å². The second-order valence-electron chi connectivity index (χ2n) is 4.25. The van der Waals surface area contributed by atoms with Crippen molar-refractivity contribution in [2.24, 2.45) is 0 Å². The summed E-state index contributed by atoms with van der Waals surface area (Å²) in [6, 6.07) is 3.73. The zero-order valence-corrected chi connectivity index (χ0v) is 12.0. The molecule has 5 heteroatoms. The lowest BCUT2D eigenvalue weighted by Gasteiger charge is -2.13. The number of ether oxygens (including phenoxy) is 1. The van der Waals surface area contributed by atoms with E-state index in [1.165, 1.54) is 6.33 Å². The minimum Gasteiger partial charge on any atom is -0.492 e. The molecule has 1 heterocycles. The smallest absolute Gasteiger partial charge is 0.138 e. The summed E-state index contributed by atoms with van der Waals surface area (Å²) in [5, 5.41) is 0.554. The molecule has 0 aliphatic rings. The largest absolute Gasteiger partial charge is 0.492 e. The summed E-state index contributed by atoms with van der Waals surface area (Å²) in [5.41, 5.74) is 9.98. The lowest BCUT2D eigenvalue weighted by molar-refractivity contribution is 0.340. The lowest BCUT2D eigenvalue weighted by atomic mass is 10.0. The van der Waals surface area contributed by atoms with Crippen molar-refractivity contribution in [3.63, 3.8) is 0 Å². The number of hydrogen-bond acceptors (Lipinski definition) is 4. The molecular formula is C14H16ClN3O. The summed E-state index contributed by atoms with van der Waals surface area (Å²) in [6.07, 6.45) is 1.50. The molecule has 0 saturated heterocycles. The van der Waals surface area contributed by atoms with E-state index in [0.29, 0.717) is 28.8 Å². The molecule has 2 rings (SSSR count). The van der Waals surface area contributed by atoms with E-state index in [1.54, 1.807) is 0 Å². The highest BCUT2D eigenvalue weighted by Crippen LogP contribution is 2.35. The van der Waals surface area contributed by atoms with E-state index in [0.717, 1.165) is 16.8 Å². The van der Waals surface area contributed by atoms with Crippen LogP contribution in [0, 0.1) is 13.8 Å². The minimum atomic E-state index is 0.554. The van der Waals surface area contributed by atoms with E-state index < -0.39 is 0 Å². The minimum absolute atomic E-state index is 0.554. The molecule has 0 bridgehead atoms. The number of aryl methyl sites for hydroxylation is 2. The maximum absolute atomic E-state index is 6.21. The Balaban J connectivity index is 2.57. The predicted octanol–water partition coefficient (Wildman–Crippen LogP) is 3.39. The summed E-state index contributed by atoms with van der Waals surface area (Å²) in [5.74, 6) is 0.676. The van der Waals surface area contributed by atoms with Gasteiger partial charge in [-0.25, -0.2) is 9.97 Å². The SMILES string of the molecule is CCOc1cc(C)c(-c2ncnc(C)c2N)cc1Cl. The van der Waals surface area contributed by atoms with Crippen LogP contribution in [0.4, 0.5) is 5.69 Å². The van der Waals surface area contributed by atoms with Crippen molar-refractivity contribution in [1.82, 2.24) is 9.97 Å². The van der Waals surface area contributed by atoms with Gasteiger partial charge in [0.25, 0.3) is 0 Å². The van der Waals surface area contributed by atoms with Crippen LogP contribution in [0.25, 0.3) is 11.3 Å². The van der Waals surface area contributed by atoms with Crippen LogP contribution in [0.2, 0.25) is 5.02 Å². The zero-order valence-electron chi connectivity index (χ0n) is 11.2. The fourth-order valence-electron chi connectivity index (χ4n) is 1.87. The molecule has 0 atom stereocenters. The van der Waals surface area contributed by atoms with Crippen LogP contribution >= 0.6 is 11.6 Å². The first kappa shape index (κ1) is 13.6. The number of nitrogens with two attached hydrogens (primary N) is 1. The highest BCUT2D eigenvalue weighted by atomic mass is 35.5. The van der Waals surface area contributed by atoms with E-state index in [9.17, 15) is 0 Å². The standard InChI is InChI=1S/C14H16ClN3O/c1-4-19-12-5-8(2)10(6-11(12)15)14-13(16)9(3)17-7-18-14/h5-7H,4,16H2,1-3H3. The highest BCUT2D eigenvalue weighted by molar-refractivity contribution is 6.32. The number of anilines is 1. The van der Waals surface area contributed by atoms with Gasteiger partial charge in [-0.05, 0) is 38.5 Å². The first-order valence-corrected chi connectivity index (χ1v) is 6.42. The number of hydrogen-bond donors (Lipinski definition) is 1. The van der Waals surface area contributed by atoms with E-state index in [1.807, 2.05) is 32.9 Å². The predicted molar refractivity (Wildman–Crippen MR) is 77.5 cm³/mol. The summed E-state index contributed by atoms with van der Waals surface area (Å²) < 4.78 is 5.47. The molecule has 1 aromatic heterocycles. The summed E-state index contributed by atoms with van der Waals surface area (Å²) >= 11 is 6.21. The monoisotopic (exact) mass is 277 g/mol. The van der Waals surface area contributed by atoms with Gasteiger partial charge >= 0.3 is 0 Å². The average Bonchev–Trinajstić information content (AvgIpc) is 2.37. The molecule has 0 fully saturated rings. The number of halogens is 1.